The van der Waals surface area contributed by atoms with E-state index in [1.165, 1.54) is 31.5 Å². The van der Waals surface area contributed by atoms with Crippen molar-refractivity contribution in [1.29, 1.82) is 0 Å². The van der Waals surface area contributed by atoms with Crippen molar-refractivity contribution in [2.75, 3.05) is 0 Å². The van der Waals surface area contributed by atoms with Crippen molar-refractivity contribution in [3.8, 4) is 11.4 Å². The van der Waals surface area contributed by atoms with Gasteiger partial charge in [0.2, 0.25) is 0 Å². The van der Waals surface area contributed by atoms with Gasteiger partial charge in [0.25, 0.3) is 0 Å². The first-order valence-electron chi connectivity index (χ1n) is 7.21. The molecule has 1 aliphatic carbocycles. The molecule has 4 nitrogen and oxygen atoms in total. The topological polar surface area (TPSA) is 39.9 Å². The lowest BCUT2D eigenvalue weighted by atomic mass is 9.81. The molecule has 4 rings (SSSR count). The highest BCUT2D eigenvalue weighted by atomic mass is 79.9. The molecule has 0 spiro atoms. The Kier molecular flexibility index (Phi) is 3.30. The number of halogens is 2. The fourth-order valence-electron chi connectivity index (χ4n) is 2.95. The molecular formula is C15H15BrFN3O. The first kappa shape index (κ1) is 13.4. The molecule has 0 bridgehead atoms. The van der Waals surface area contributed by atoms with Crippen molar-refractivity contribution in [3.63, 3.8) is 0 Å². The van der Waals surface area contributed by atoms with Crippen molar-refractivity contribution >= 4 is 15.9 Å². The first-order chi connectivity index (χ1) is 10.2. The standard InChI is InChI=1S/C15H15BrFN3O/c16-14-12-8-21-13(9-2-1-3-9)7-20(12)19-15(14)11-5-4-10(17)6-18-11/h4-6,9,13H,1-3,7-8H2. The van der Waals surface area contributed by atoms with Gasteiger partial charge >= 0.3 is 0 Å². The summed E-state index contributed by atoms with van der Waals surface area (Å²) in [6, 6.07) is 3.06. The lowest BCUT2D eigenvalue weighted by molar-refractivity contribution is -0.0558. The lowest BCUT2D eigenvalue weighted by Gasteiger charge is -2.36. The van der Waals surface area contributed by atoms with E-state index >= 15 is 0 Å². The average molecular weight is 352 g/mol. The van der Waals surface area contributed by atoms with Crippen LogP contribution in [-0.2, 0) is 17.9 Å². The zero-order chi connectivity index (χ0) is 14.4. The Balaban J connectivity index is 1.66. The highest BCUT2D eigenvalue weighted by Crippen LogP contribution is 2.37. The van der Waals surface area contributed by atoms with E-state index in [-0.39, 0.29) is 11.9 Å². The highest BCUT2D eigenvalue weighted by Gasteiger charge is 2.33. The van der Waals surface area contributed by atoms with Gasteiger partial charge in [-0.3, -0.25) is 9.67 Å². The zero-order valence-electron chi connectivity index (χ0n) is 11.4. The molecule has 0 saturated heterocycles. The molecule has 3 heterocycles. The summed E-state index contributed by atoms with van der Waals surface area (Å²) in [5.74, 6) is 0.334. The van der Waals surface area contributed by atoms with E-state index in [1.807, 2.05) is 4.68 Å². The Morgan fingerprint density at radius 2 is 2.19 bits per heavy atom. The molecule has 2 aromatic heterocycles. The van der Waals surface area contributed by atoms with Crippen LogP contribution in [0, 0.1) is 11.7 Å². The summed E-state index contributed by atoms with van der Waals surface area (Å²) in [4.78, 5) is 4.11. The molecule has 0 amide bonds. The highest BCUT2D eigenvalue weighted by molar-refractivity contribution is 9.10. The van der Waals surface area contributed by atoms with Crippen LogP contribution in [0.1, 0.15) is 25.0 Å². The predicted octanol–water partition coefficient (Wildman–Crippen LogP) is 3.55. The minimum atomic E-state index is -0.341. The molecule has 0 aromatic carbocycles. The summed E-state index contributed by atoms with van der Waals surface area (Å²) in [6.07, 6.45) is 5.31. The number of hydrogen-bond acceptors (Lipinski definition) is 3. The Hall–Kier alpha value is -1.27. The zero-order valence-corrected chi connectivity index (χ0v) is 13.0. The molecule has 1 atom stereocenters. The van der Waals surface area contributed by atoms with Gasteiger partial charge in [0, 0.05) is 0 Å². The summed E-state index contributed by atoms with van der Waals surface area (Å²) in [6.45, 7) is 1.36. The third-order valence-electron chi connectivity index (χ3n) is 4.43. The second-order valence-corrected chi connectivity index (χ2v) is 6.49. The van der Waals surface area contributed by atoms with Gasteiger partial charge in [0.1, 0.15) is 11.5 Å². The van der Waals surface area contributed by atoms with Gasteiger partial charge in [-0.15, -0.1) is 0 Å². The van der Waals surface area contributed by atoms with Crippen LogP contribution < -0.4 is 0 Å². The van der Waals surface area contributed by atoms with E-state index in [4.69, 9.17) is 4.74 Å². The fourth-order valence-corrected chi connectivity index (χ4v) is 3.55. The number of aromatic nitrogens is 3. The van der Waals surface area contributed by atoms with Crippen molar-refractivity contribution in [2.45, 2.75) is 38.5 Å². The van der Waals surface area contributed by atoms with Crippen LogP contribution in [0.2, 0.25) is 0 Å². The van der Waals surface area contributed by atoms with E-state index in [2.05, 4.69) is 26.0 Å². The van der Waals surface area contributed by atoms with Gasteiger partial charge in [0.05, 0.1) is 41.3 Å². The lowest BCUT2D eigenvalue weighted by Crippen LogP contribution is -2.37. The molecule has 2 aromatic rings. The molecule has 1 fully saturated rings. The van der Waals surface area contributed by atoms with Crippen LogP contribution in [0.5, 0.6) is 0 Å². The Labute approximate surface area is 130 Å². The van der Waals surface area contributed by atoms with Crippen molar-refractivity contribution in [3.05, 3.63) is 34.3 Å². The van der Waals surface area contributed by atoms with E-state index in [1.54, 1.807) is 6.07 Å². The molecule has 1 unspecified atom stereocenters. The second kappa shape index (κ2) is 5.18. The van der Waals surface area contributed by atoms with Gasteiger partial charge in [-0.1, -0.05) is 6.42 Å². The minimum absolute atomic E-state index is 0.270. The van der Waals surface area contributed by atoms with Gasteiger partial charge in [-0.25, -0.2) is 4.39 Å². The van der Waals surface area contributed by atoms with Crippen LogP contribution in [-0.4, -0.2) is 20.9 Å². The summed E-state index contributed by atoms with van der Waals surface area (Å²) in [5.41, 5.74) is 2.46. The summed E-state index contributed by atoms with van der Waals surface area (Å²) in [5, 5.41) is 4.65. The molecule has 0 N–H and O–H groups in total. The van der Waals surface area contributed by atoms with E-state index < -0.39 is 0 Å². The average Bonchev–Trinajstić information content (AvgIpc) is 2.75. The normalized spacial score (nSPS) is 21.9. The predicted molar refractivity (Wildman–Crippen MR) is 79.0 cm³/mol. The van der Waals surface area contributed by atoms with E-state index in [0.29, 0.717) is 18.2 Å². The van der Waals surface area contributed by atoms with Crippen LogP contribution in [0.3, 0.4) is 0 Å². The minimum Gasteiger partial charge on any atom is -0.370 e. The maximum Gasteiger partial charge on any atom is 0.141 e. The molecule has 2 aliphatic rings. The van der Waals surface area contributed by atoms with Crippen molar-refractivity contribution in [2.24, 2.45) is 5.92 Å². The Morgan fingerprint density at radius 3 is 2.86 bits per heavy atom. The molecule has 21 heavy (non-hydrogen) atoms. The van der Waals surface area contributed by atoms with Gasteiger partial charge in [-0.05, 0) is 46.8 Å². The SMILES string of the molecule is Fc1ccc(-c2nn3c(c2Br)COC(C2CCC2)C3)nc1. The molecule has 6 heteroatoms. The Bertz CT molecular complexity index is 666. The maximum atomic E-state index is 13.0. The van der Waals surface area contributed by atoms with Gasteiger partial charge in [0.15, 0.2) is 0 Å². The Morgan fingerprint density at radius 1 is 1.33 bits per heavy atom. The van der Waals surface area contributed by atoms with E-state index in [0.717, 1.165) is 22.4 Å². The second-order valence-electron chi connectivity index (χ2n) is 5.69. The molecule has 1 saturated carbocycles. The van der Waals surface area contributed by atoms with Crippen LogP contribution in [0.4, 0.5) is 4.39 Å². The summed E-state index contributed by atoms with van der Waals surface area (Å²) < 4.78 is 21.9. The van der Waals surface area contributed by atoms with Gasteiger partial charge in [-0.2, -0.15) is 5.10 Å². The smallest absolute Gasteiger partial charge is 0.141 e. The molecule has 1 aliphatic heterocycles. The van der Waals surface area contributed by atoms with Crippen LogP contribution >= 0.6 is 15.9 Å². The number of ether oxygens (including phenoxy) is 1. The summed E-state index contributed by atoms with van der Waals surface area (Å²) >= 11 is 3.58. The van der Waals surface area contributed by atoms with Crippen LogP contribution in [0.25, 0.3) is 11.4 Å². The van der Waals surface area contributed by atoms with E-state index in [9.17, 15) is 4.39 Å². The molecule has 0 radical (unpaired) electrons. The quantitative estimate of drug-likeness (QED) is 0.830. The molecular weight excluding hydrogens is 337 g/mol. The first-order valence-corrected chi connectivity index (χ1v) is 8.00. The van der Waals surface area contributed by atoms with Crippen molar-refractivity contribution in [1.82, 2.24) is 14.8 Å². The fraction of sp³-hybridized carbons (Fsp3) is 0.467. The van der Waals surface area contributed by atoms with Gasteiger partial charge < -0.3 is 4.74 Å². The third kappa shape index (κ3) is 2.30. The number of hydrogen-bond donors (Lipinski definition) is 0. The number of fused-ring (bicyclic) bond motifs is 1. The number of nitrogens with zero attached hydrogens (tertiary/aromatic N) is 3. The third-order valence-corrected chi connectivity index (χ3v) is 5.26. The molecule has 110 valence electrons. The van der Waals surface area contributed by atoms with Crippen molar-refractivity contribution < 1.29 is 9.13 Å². The van der Waals surface area contributed by atoms with Crippen LogP contribution in [0.15, 0.2) is 22.8 Å². The maximum absolute atomic E-state index is 13.0. The number of pyridine rings is 1. The number of rotatable bonds is 2. The monoisotopic (exact) mass is 351 g/mol. The largest absolute Gasteiger partial charge is 0.370 e. The summed E-state index contributed by atoms with van der Waals surface area (Å²) in [7, 11) is 0.